The van der Waals surface area contributed by atoms with E-state index in [2.05, 4.69) is 32.5 Å². The van der Waals surface area contributed by atoms with E-state index in [1.807, 2.05) is 0 Å². The normalized spacial score (nSPS) is 10.7. The molecule has 0 amide bonds. The number of hydrogen-bond donors (Lipinski definition) is 3. The molecular weight excluding hydrogens is 200 g/mol. The molecule has 0 saturated carbocycles. The average molecular weight is 210 g/mol. The number of thioether (sulfide) groups is 1. The van der Waals surface area contributed by atoms with Crippen molar-refractivity contribution in [1.82, 2.24) is 20.2 Å². The second kappa shape index (κ2) is 3.81. The zero-order valence-corrected chi connectivity index (χ0v) is 8.43. The Balaban J connectivity index is 2.58. The van der Waals surface area contributed by atoms with E-state index in [0.29, 0.717) is 11.6 Å². The van der Waals surface area contributed by atoms with Crippen LogP contribution in [0.25, 0.3) is 11.0 Å². The molecule has 0 radical (unpaired) electrons. The Hall–Kier alpha value is -1.34. The predicted molar refractivity (Wildman–Crippen MR) is 55.9 cm³/mol. The Morgan fingerprint density at radius 2 is 2.43 bits per heavy atom. The molecule has 14 heavy (non-hydrogen) atoms. The van der Waals surface area contributed by atoms with Gasteiger partial charge in [0.15, 0.2) is 5.65 Å². The van der Waals surface area contributed by atoms with Crippen LogP contribution in [0.3, 0.4) is 0 Å². The van der Waals surface area contributed by atoms with Crippen molar-refractivity contribution in [2.45, 2.75) is 11.9 Å². The number of rotatable bonds is 3. The Labute approximate surface area is 84.7 Å². The van der Waals surface area contributed by atoms with Crippen molar-refractivity contribution >= 4 is 28.7 Å². The first kappa shape index (κ1) is 9.22. The molecule has 0 bridgehead atoms. The Morgan fingerprint density at radius 3 is 3.14 bits per heavy atom. The van der Waals surface area contributed by atoms with Crippen molar-refractivity contribution < 1.29 is 0 Å². The number of aromatic nitrogens is 4. The summed E-state index contributed by atoms with van der Waals surface area (Å²) in [5.74, 6) is 6.60. The minimum atomic E-state index is 0.401. The molecule has 2 aromatic rings. The van der Waals surface area contributed by atoms with Crippen LogP contribution in [0.1, 0.15) is 6.92 Å². The number of hydrogen-bond acceptors (Lipinski definition) is 6. The quantitative estimate of drug-likeness (QED) is 0.299. The van der Waals surface area contributed by atoms with Crippen molar-refractivity contribution in [3.63, 3.8) is 0 Å². The van der Waals surface area contributed by atoms with Gasteiger partial charge in [0.25, 0.3) is 0 Å². The van der Waals surface area contributed by atoms with E-state index in [0.717, 1.165) is 16.2 Å². The van der Waals surface area contributed by atoms with Gasteiger partial charge in [0.05, 0.1) is 11.6 Å². The highest BCUT2D eigenvalue weighted by Crippen LogP contribution is 2.24. The largest absolute Gasteiger partial charge is 0.292 e. The third-order valence-electron chi connectivity index (χ3n) is 1.68. The first-order chi connectivity index (χ1) is 6.85. The predicted octanol–water partition coefficient (Wildman–Crippen LogP) is 0.750. The number of nitrogens with one attached hydrogen (secondary N) is 2. The number of hydrazine groups is 1. The van der Waals surface area contributed by atoms with Crippen LogP contribution in [-0.2, 0) is 0 Å². The molecule has 0 saturated heterocycles. The van der Waals surface area contributed by atoms with Gasteiger partial charge in [-0.2, -0.15) is 10.1 Å². The van der Waals surface area contributed by atoms with Crippen LogP contribution in [0.4, 0.5) is 5.95 Å². The topological polar surface area (TPSA) is 92.5 Å². The highest BCUT2D eigenvalue weighted by atomic mass is 32.2. The van der Waals surface area contributed by atoms with Gasteiger partial charge in [-0.3, -0.25) is 10.5 Å². The van der Waals surface area contributed by atoms with Crippen molar-refractivity contribution in [3.05, 3.63) is 6.20 Å². The van der Waals surface area contributed by atoms with Gasteiger partial charge in [-0.05, 0) is 5.75 Å². The molecule has 6 nitrogen and oxygen atoms in total. The van der Waals surface area contributed by atoms with Crippen LogP contribution in [0.15, 0.2) is 11.2 Å². The maximum absolute atomic E-state index is 5.26. The molecule has 2 heterocycles. The van der Waals surface area contributed by atoms with Gasteiger partial charge in [0.1, 0.15) is 5.03 Å². The lowest BCUT2D eigenvalue weighted by Crippen LogP contribution is -2.10. The molecule has 74 valence electrons. The minimum absolute atomic E-state index is 0.401. The average Bonchev–Trinajstić information content (AvgIpc) is 2.66. The lowest BCUT2D eigenvalue weighted by atomic mass is 10.4. The highest BCUT2D eigenvalue weighted by molar-refractivity contribution is 7.99. The summed E-state index contributed by atoms with van der Waals surface area (Å²) in [6, 6.07) is 0. The number of anilines is 1. The lowest BCUT2D eigenvalue weighted by molar-refractivity contribution is 1.05. The molecule has 0 unspecified atom stereocenters. The lowest BCUT2D eigenvalue weighted by Gasteiger charge is -2.02. The second-order valence-corrected chi connectivity index (χ2v) is 3.81. The van der Waals surface area contributed by atoms with Crippen LogP contribution in [0.2, 0.25) is 0 Å². The third-order valence-corrected chi connectivity index (χ3v) is 2.56. The van der Waals surface area contributed by atoms with Crippen LogP contribution in [-0.4, -0.2) is 25.9 Å². The zero-order valence-electron chi connectivity index (χ0n) is 7.61. The van der Waals surface area contributed by atoms with E-state index in [-0.39, 0.29) is 0 Å². The second-order valence-electron chi connectivity index (χ2n) is 2.56. The monoisotopic (exact) mass is 210 g/mol. The van der Waals surface area contributed by atoms with Gasteiger partial charge in [0.2, 0.25) is 5.95 Å². The van der Waals surface area contributed by atoms with Gasteiger partial charge >= 0.3 is 0 Å². The number of nitrogens with zero attached hydrogens (tertiary/aromatic N) is 3. The summed E-state index contributed by atoms with van der Waals surface area (Å²) in [6.07, 6.45) is 1.72. The molecule has 2 aromatic heterocycles. The number of aromatic amines is 1. The summed E-state index contributed by atoms with van der Waals surface area (Å²) in [5, 5.41) is 8.51. The van der Waals surface area contributed by atoms with Crippen molar-refractivity contribution in [2.24, 2.45) is 5.84 Å². The molecular formula is C7H10N6S. The van der Waals surface area contributed by atoms with E-state index in [1.165, 1.54) is 0 Å². The summed E-state index contributed by atoms with van der Waals surface area (Å²) in [7, 11) is 0. The maximum Gasteiger partial charge on any atom is 0.240 e. The smallest absolute Gasteiger partial charge is 0.240 e. The van der Waals surface area contributed by atoms with Gasteiger partial charge in [-0.15, -0.1) is 11.8 Å². The number of H-pyrrole nitrogens is 1. The van der Waals surface area contributed by atoms with E-state index in [9.17, 15) is 0 Å². The summed E-state index contributed by atoms with van der Waals surface area (Å²) >= 11 is 1.63. The van der Waals surface area contributed by atoms with Gasteiger partial charge < -0.3 is 0 Å². The molecule has 0 spiro atoms. The molecule has 4 N–H and O–H groups in total. The van der Waals surface area contributed by atoms with Gasteiger partial charge in [0, 0.05) is 0 Å². The van der Waals surface area contributed by atoms with E-state index < -0.39 is 0 Å². The number of nitrogens with two attached hydrogens (primary N) is 1. The minimum Gasteiger partial charge on any atom is -0.292 e. The fourth-order valence-corrected chi connectivity index (χ4v) is 1.85. The van der Waals surface area contributed by atoms with Crippen LogP contribution in [0, 0.1) is 0 Å². The summed E-state index contributed by atoms with van der Waals surface area (Å²) in [4.78, 5) is 8.36. The standard InChI is InChI=1S/C7H10N6S/c1-2-14-6-4-3-9-13-5(4)10-7(11-6)12-8/h3H,2,8H2,1H3,(H2,9,10,11,12,13). The number of nitrogen functional groups attached to an aromatic ring is 1. The van der Waals surface area contributed by atoms with E-state index >= 15 is 0 Å². The molecule has 0 aliphatic heterocycles. The Kier molecular flexibility index (Phi) is 2.51. The maximum atomic E-state index is 5.26. The fraction of sp³-hybridized carbons (Fsp3) is 0.286. The van der Waals surface area contributed by atoms with E-state index in [1.54, 1.807) is 18.0 Å². The van der Waals surface area contributed by atoms with Crippen molar-refractivity contribution in [3.8, 4) is 0 Å². The number of fused-ring (bicyclic) bond motifs is 1. The van der Waals surface area contributed by atoms with Crippen molar-refractivity contribution in [1.29, 1.82) is 0 Å². The molecule has 0 aromatic carbocycles. The summed E-state index contributed by atoms with van der Waals surface area (Å²) < 4.78 is 0. The highest BCUT2D eigenvalue weighted by Gasteiger charge is 2.08. The molecule has 7 heteroatoms. The van der Waals surface area contributed by atoms with Gasteiger partial charge in [-0.25, -0.2) is 10.8 Å². The molecule has 2 rings (SSSR count). The molecule has 0 atom stereocenters. The van der Waals surface area contributed by atoms with Crippen molar-refractivity contribution in [2.75, 3.05) is 11.2 Å². The van der Waals surface area contributed by atoms with Gasteiger partial charge in [-0.1, -0.05) is 6.92 Å². The molecule has 0 aliphatic carbocycles. The Bertz CT molecular complexity index is 439. The zero-order chi connectivity index (χ0) is 9.97. The van der Waals surface area contributed by atoms with Crippen LogP contribution >= 0.6 is 11.8 Å². The first-order valence-electron chi connectivity index (χ1n) is 4.15. The summed E-state index contributed by atoms with van der Waals surface area (Å²) in [5.41, 5.74) is 3.12. The first-order valence-corrected chi connectivity index (χ1v) is 5.14. The fourth-order valence-electron chi connectivity index (χ4n) is 1.12. The molecule has 0 aliphatic rings. The Morgan fingerprint density at radius 1 is 1.57 bits per heavy atom. The van der Waals surface area contributed by atoms with Crippen LogP contribution in [0.5, 0.6) is 0 Å². The third kappa shape index (κ3) is 1.51. The van der Waals surface area contributed by atoms with E-state index in [4.69, 9.17) is 5.84 Å². The van der Waals surface area contributed by atoms with Crippen LogP contribution < -0.4 is 11.3 Å². The SMILES string of the molecule is CCSc1nc(NN)nc2[nH]ncc12. The summed E-state index contributed by atoms with van der Waals surface area (Å²) in [6.45, 7) is 2.06. The molecule has 0 fully saturated rings.